The number of hydrogen-bond donors (Lipinski definition) is 3. The van der Waals surface area contributed by atoms with Crippen LogP contribution in [0, 0.1) is 0 Å². The fourth-order valence-electron chi connectivity index (χ4n) is 2.10. The van der Waals surface area contributed by atoms with Crippen LogP contribution in [0.2, 0.25) is 0 Å². The lowest BCUT2D eigenvalue weighted by atomic mass is 10.1. The Morgan fingerprint density at radius 1 is 1.54 bits per heavy atom. The Bertz CT molecular complexity index is 627. The molecule has 2 rings (SSSR count). The second-order valence-corrected chi connectivity index (χ2v) is 6.32. The van der Waals surface area contributed by atoms with Crippen LogP contribution in [0.25, 0.3) is 0 Å². The van der Waals surface area contributed by atoms with Gasteiger partial charge in [0.1, 0.15) is 24.1 Å². The molecule has 0 radical (unpaired) electrons. The summed E-state index contributed by atoms with van der Waals surface area (Å²) < 4.78 is 10.9. The highest BCUT2D eigenvalue weighted by molar-refractivity contribution is 5.98. The van der Waals surface area contributed by atoms with Gasteiger partial charge in [0, 0.05) is 19.7 Å². The number of benzene rings is 1. The second kappa shape index (κ2) is 7.06. The van der Waals surface area contributed by atoms with Crippen LogP contribution in [0.15, 0.2) is 18.2 Å². The van der Waals surface area contributed by atoms with Crippen molar-refractivity contribution < 1.29 is 24.2 Å². The van der Waals surface area contributed by atoms with E-state index in [4.69, 9.17) is 15.2 Å². The molecule has 2 amide bonds. The van der Waals surface area contributed by atoms with E-state index in [1.165, 1.54) is 4.90 Å². The number of nitrogens with zero attached hydrogens (tertiary/aromatic N) is 1. The topological polar surface area (TPSA) is 114 Å². The zero-order valence-corrected chi connectivity index (χ0v) is 14.0. The molecule has 1 aliphatic heterocycles. The minimum Gasteiger partial charge on any atom is -0.489 e. The number of ether oxygens (including phenoxy) is 2. The lowest BCUT2D eigenvalue weighted by Gasteiger charge is -2.19. The number of fused-ring (bicyclic) bond motifs is 1. The highest BCUT2D eigenvalue weighted by Gasteiger charge is 2.26. The van der Waals surface area contributed by atoms with Crippen LogP contribution in [0.5, 0.6) is 11.5 Å². The molecule has 0 aliphatic carbocycles. The largest absolute Gasteiger partial charge is 0.489 e. The third-order valence-corrected chi connectivity index (χ3v) is 3.45. The summed E-state index contributed by atoms with van der Waals surface area (Å²) in [6.45, 7) is 3.22. The summed E-state index contributed by atoms with van der Waals surface area (Å²) in [5.74, 6) is 0.340. The Morgan fingerprint density at radius 2 is 2.25 bits per heavy atom. The quantitative estimate of drug-likeness (QED) is 0.676. The van der Waals surface area contributed by atoms with Crippen LogP contribution in [-0.2, 0) is 9.59 Å². The van der Waals surface area contributed by atoms with Crippen LogP contribution in [-0.4, -0.2) is 55.4 Å². The SMILES string of the molecule is CN1C(=O)[C@@H](N)COc2ccc(OCC(=O)NCC(C)(C)O)cc21. The average Bonchev–Trinajstić information content (AvgIpc) is 2.63. The van der Waals surface area contributed by atoms with E-state index in [0.717, 1.165) is 0 Å². The summed E-state index contributed by atoms with van der Waals surface area (Å²) in [5.41, 5.74) is 5.27. The van der Waals surface area contributed by atoms with Crippen molar-refractivity contribution in [3.8, 4) is 11.5 Å². The molecule has 8 nitrogen and oxygen atoms in total. The Morgan fingerprint density at radius 3 is 2.92 bits per heavy atom. The van der Waals surface area contributed by atoms with Gasteiger partial charge in [-0.2, -0.15) is 0 Å². The van der Waals surface area contributed by atoms with Gasteiger partial charge < -0.3 is 30.5 Å². The number of carbonyl (C=O) groups excluding carboxylic acids is 2. The van der Waals surface area contributed by atoms with Gasteiger partial charge in [0.15, 0.2) is 6.61 Å². The molecule has 1 aromatic carbocycles. The van der Waals surface area contributed by atoms with Crippen LogP contribution >= 0.6 is 0 Å². The molecule has 4 N–H and O–H groups in total. The molecule has 1 heterocycles. The van der Waals surface area contributed by atoms with E-state index >= 15 is 0 Å². The molecular formula is C16H23N3O5. The van der Waals surface area contributed by atoms with Crippen molar-refractivity contribution in [2.75, 3.05) is 31.7 Å². The van der Waals surface area contributed by atoms with Crippen molar-refractivity contribution in [2.24, 2.45) is 5.73 Å². The van der Waals surface area contributed by atoms with Gasteiger partial charge in [-0.3, -0.25) is 9.59 Å². The third kappa shape index (κ3) is 4.59. The highest BCUT2D eigenvalue weighted by Crippen LogP contribution is 2.33. The van der Waals surface area contributed by atoms with Gasteiger partial charge in [0.25, 0.3) is 5.91 Å². The number of hydrogen-bond acceptors (Lipinski definition) is 6. The maximum Gasteiger partial charge on any atom is 0.258 e. The van der Waals surface area contributed by atoms with Crippen LogP contribution in [0.3, 0.4) is 0 Å². The fourth-order valence-corrected chi connectivity index (χ4v) is 2.10. The number of aliphatic hydroxyl groups is 1. The van der Waals surface area contributed by atoms with Crippen molar-refractivity contribution in [1.82, 2.24) is 5.32 Å². The van der Waals surface area contributed by atoms with Gasteiger partial charge in [0.05, 0.1) is 11.3 Å². The first-order valence-electron chi connectivity index (χ1n) is 7.59. The van der Waals surface area contributed by atoms with Gasteiger partial charge in [-0.1, -0.05) is 0 Å². The molecule has 1 aliphatic rings. The van der Waals surface area contributed by atoms with Gasteiger partial charge >= 0.3 is 0 Å². The van der Waals surface area contributed by atoms with Crippen molar-refractivity contribution in [1.29, 1.82) is 0 Å². The van der Waals surface area contributed by atoms with E-state index in [0.29, 0.717) is 17.2 Å². The number of carbonyl (C=O) groups is 2. The lowest BCUT2D eigenvalue weighted by Crippen LogP contribution is -2.43. The summed E-state index contributed by atoms with van der Waals surface area (Å²) in [5, 5.41) is 12.1. The molecule has 0 spiro atoms. The van der Waals surface area contributed by atoms with E-state index in [1.54, 1.807) is 39.1 Å². The predicted molar refractivity (Wildman–Crippen MR) is 88.1 cm³/mol. The number of anilines is 1. The van der Waals surface area contributed by atoms with E-state index in [9.17, 15) is 14.7 Å². The smallest absolute Gasteiger partial charge is 0.258 e. The maximum absolute atomic E-state index is 12.1. The minimum absolute atomic E-state index is 0.107. The zero-order valence-electron chi connectivity index (χ0n) is 14.0. The first-order chi connectivity index (χ1) is 11.2. The summed E-state index contributed by atoms with van der Waals surface area (Å²) in [6.07, 6.45) is 0. The molecule has 0 saturated heterocycles. The predicted octanol–water partition coefficient (Wildman–Crippen LogP) is -0.365. The second-order valence-electron chi connectivity index (χ2n) is 6.32. The maximum atomic E-state index is 12.1. The molecule has 132 valence electrons. The standard InChI is InChI=1S/C16H23N3O5/c1-16(2,22)9-18-14(20)8-23-10-4-5-13-12(6-10)19(3)15(21)11(17)7-24-13/h4-6,11,22H,7-9,17H2,1-3H3,(H,18,20)/t11-/m0/s1. The summed E-state index contributed by atoms with van der Waals surface area (Å²) >= 11 is 0. The molecule has 24 heavy (non-hydrogen) atoms. The average molecular weight is 337 g/mol. The van der Waals surface area contributed by atoms with E-state index in [2.05, 4.69) is 5.32 Å². The summed E-state index contributed by atoms with van der Waals surface area (Å²) in [6, 6.07) is 4.21. The van der Waals surface area contributed by atoms with Crippen molar-refractivity contribution in [3.05, 3.63) is 18.2 Å². The Kier molecular flexibility index (Phi) is 5.30. The van der Waals surface area contributed by atoms with Crippen molar-refractivity contribution in [2.45, 2.75) is 25.5 Å². The van der Waals surface area contributed by atoms with Crippen LogP contribution < -0.4 is 25.4 Å². The summed E-state index contributed by atoms with van der Waals surface area (Å²) in [7, 11) is 1.61. The highest BCUT2D eigenvalue weighted by atomic mass is 16.5. The van der Waals surface area contributed by atoms with Crippen molar-refractivity contribution in [3.63, 3.8) is 0 Å². The zero-order chi connectivity index (χ0) is 17.9. The molecule has 0 unspecified atom stereocenters. The van der Waals surface area contributed by atoms with Gasteiger partial charge in [-0.05, 0) is 26.0 Å². The normalized spacial score (nSPS) is 17.6. The van der Waals surface area contributed by atoms with Gasteiger partial charge in [-0.15, -0.1) is 0 Å². The summed E-state index contributed by atoms with van der Waals surface area (Å²) in [4.78, 5) is 25.2. The molecule has 0 aromatic heterocycles. The minimum atomic E-state index is -0.987. The van der Waals surface area contributed by atoms with E-state index in [-0.39, 0.29) is 31.6 Å². The molecule has 0 fully saturated rings. The monoisotopic (exact) mass is 337 g/mol. The molecule has 8 heteroatoms. The fraction of sp³-hybridized carbons (Fsp3) is 0.500. The Hall–Kier alpha value is -2.32. The number of amides is 2. The molecule has 1 aromatic rings. The number of rotatable bonds is 5. The van der Waals surface area contributed by atoms with Crippen LogP contribution in [0.4, 0.5) is 5.69 Å². The van der Waals surface area contributed by atoms with E-state index in [1.807, 2.05) is 0 Å². The Balaban J connectivity index is 2.01. The third-order valence-electron chi connectivity index (χ3n) is 3.45. The van der Waals surface area contributed by atoms with Gasteiger partial charge in [0.2, 0.25) is 5.91 Å². The molecular weight excluding hydrogens is 314 g/mol. The van der Waals surface area contributed by atoms with Crippen LogP contribution in [0.1, 0.15) is 13.8 Å². The molecule has 0 bridgehead atoms. The Labute approximate surface area is 140 Å². The van der Waals surface area contributed by atoms with Gasteiger partial charge in [-0.25, -0.2) is 0 Å². The number of nitrogens with two attached hydrogens (primary N) is 1. The lowest BCUT2D eigenvalue weighted by molar-refractivity contribution is -0.124. The number of nitrogens with one attached hydrogen (secondary N) is 1. The molecule has 1 atom stereocenters. The molecule has 0 saturated carbocycles. The van der Waals surface area contributed by atoms with E-state index < -0.39 is 11.6 Å². The number of likely N-dealkylation sites (N-methyl/N-ethyl adjacent to an activating group) is 1. The first kappa shape index (κ1) is 18.0. The van der Waals surface area contributed by atoms with Crippen molar-refractivity contribution >= 4 is 17.5 Å². The first-order valence-corrected chi connectivity index (χ1v) is 7.59.